The van der Waals surface area contributed by atoms with Crippen molar-refractivity contribution in [2.75, 3.05) is 6.61 Å². The van der Waals surface area contributed by atoms with E-state index in [2.05, 4.69) is 71.7 Å². The fourth-order valence-corrected chi connectivity index (χ4v) is 3.02. The summed E-state index contributed by atoms with van der Waals surface area (Å²) in [6.45, 7) is 9.69. The lowest BCUT2D eigenvalue weighted by Gasteiger charge is -2.21. The maximum Gasteiger partial charge on any atom is 0.333 e. The Morgan fingerprint density at radius 3 is 2.50 bits per heavy atom. The molecule has 1 rings (SSSR count). The Hall–Kier alpha value is 0.180. The first-order chi connectivity index (χ1) is 9.14. The van der Waals surface area contributed by atoms with E-state index >= 15 is 0 Å². The van der Waals surface area contributed by atoms with Gasteiger partial charge in [0.25, 0.3) is 0 Å². The van der Waals surface area contributed by atoms with Gasteiger partial charge in [-0.3, -0.25) is 0 Å². The van der Waals surface area contributed by atoms with Gasteiger partial charge in [0.2, 0.25) is 0 Å². The van der Waals surface area contributed by atoms with E-state index in [1.165, 1.54) is 11.1 Å². The second-order valence-corrected chi connectivity index (χ2v) is 11.8. The Labute approximate surface area is 152 Å². The molecule has 0 saturated heterocycles. The molecule has 0 atom stereocenters. The van der Waals surface area contributed by atoms with E-state index < -0.39 is 0.888 Å². The van der Waals surface area contributed by atoms with E-state index in [-0.39, 0.29) is 5.97 Å². The largest absolute Gasteiger partial charge is 0.462 e. The van der Waals surface area contributed by atoms with Gasteiger partial charge in [0.1, 0.15) is 0 Å². The number of esters is 1. The monoisotopic (exact) mass is 518 g/mol. The minimum Gasteiger partial charge on any atom is -0.462 e. The van der Waals surface area contributed by atoms with Crippen molar-refractivity contribution in [2.45, 2.75) is 28.1 Å². The molecule has 0 aliphatic rings. The molecule has 1 aromatic rings. The summed E-state index contributed by atoms with van der Waals surface area (Å²) in [6.07, 6.45) is 0.655. The molecule has 0 radical (unpaired) electrons. The van der Waals surface area contributed by atoms with Crippen LogP contribution in [-0.2, 0) is 16.8 Å². The Kier molecular flexibility index (Phi) is 6.79. The third kappa shape index (κ3) is 4.87. The number of hydrogen-bond acceptors (Lipinski definition) is 2. The van der Waals surface area contributed by atoms with Crippen LogP contribution in [0.5, 0.6) is 0 Å². The van der Waals surface area contributed by atoms with Gasteiger partial charge in [-0.25, -0.2) is 4.79 Å². The molecule has 0 bridgehead atoms. The Morgan fingerprint density at radius 2 is 2.00 bits per heavy atom. The maximum atomic E-state index is 11.4. The number of carbonyl (C=O) groups is 1. The number of rotatable bonds is 5. The van der Waals surface area contributed by atoms with Crippen LogP contribution >= 0.6 is 56.8 Å². The van der Waals surface area contributed by atoms with Gasteiger partial charge in [-0.15, -0.1) is 0 Å². The summed E-state index contributed by atoms with van der Waals surface area (Å²) in [5.74, 6) is -0.349. The minimum absolute atomic E-state index is 0.337. The van der Waals surface area contributed by atoms with Crippen LogP contribution in [0.25, 0.3) is 0 Å². The molecular formula is C15H17ClI2O2. The van der Waals surface area contributed by atoms with Crippen molar-refractivity contribution in [3.05, 3.63) is 46.5 Å². The summed E-state index contributed by atoms with van der Waals surface area (Å²) in [5.41, 5.74) is 5.05. The molecule has 110 valence electrons. The van der Waals surface area contributed by atoms with Crippen molar-refractivity contribution in [2.24, 2.45) is 0 Å². The van der Waals surface area contributed by atoms with Crippen LogP contribution in [0.15, 0.2) is 24.3 Å². The average Bonchev–Trinajstić information content (AvgIpc) is 2.32. The Morgan fingerprint density at radius 1 is 1.40 bits per heavy atom. The zero-order valence-electron chi connectivity index (χ0n) is 11.7. The molecule has 0 heterocycles. The van der Waals surface area contributed by atoms with Crippen LogP contribution < -0.4 is 0 Å². The number of ether oxygens (including phenoxy) is 1. The molecule has 0 aliphatic carbocycles. The molecule has 0 amide bonds. The molecule has 0 aliphatic heterocycles. The van der Waals surface area contributed by atoms with E-state index in [9.17, 15) is 4.79 Å². The highest BCUT2D eigenvalue weighted by Gasteiger charge is 2.25. The molecule has 0 N–H and O–H groups in total. The molecule has 1 aromatic carbocycles. The van der Waals surface area contributed by atoms with Crippen molar-refractivity contribution in [1.82, 2.24) is 0 Å². The van der Waals surface area contributed by atoms with E-state index in [1.807, 2.05) is 6.07 Å². The van der Waals surface area contributed by atoms with E-state index in [0.717, 1.165) is 11.1 Å². The molecule has 2 nitrogen and oxygen atoms in total. The molecule has 0 saturated carbocycles. The predicted octanol–water partition coefficient (Wildman–Crippen LogP) is 5.18. The summed E-state index contributed by atoms with van der Waals surface area (Å²) >= 11 is 10.8. The SMILES string of the molecule is C=C(C)C(=O)OCCc1c(C(Cl)(I)I)ccc(C)c1C. The number of benzene rings is 1. The molecule has 0 spiro atoms. The molecule has 0 unspecified atom stereocenters. The van der Waals surface area contributed by atoms with Crippen LogP contribution in [0.3, 0.4) is 0 Å². The molecule has 0 fully saturated rings. The third-order valence-corrected chi connectivity index (χ3v) is 4.47. The minimum atomic E-state index is -0.498. The van der Waals surface area contributed by atoms with Crippen LogP contribution in [0.4, 0.5) is 0 Å². The van der Waals surface area contributed by atoms with E-state index in [0.29, 0.717) is 18.6 Å². The average molecular weight is 519 g/mol. The van der Waals surface area contributed by atoms with Crippen molar-refractivity contribution in [3.63, 3.8) is 0 Å². The van der Waals surface area contributed by atoms with Gasteiger partial charge in [0, 0.05) is 12.0 Å². The van der Waals surface area contributed by atoms with Gasteiger partial charge in [-0.2, -0.15) is 0 Å². The van der Waals surface area contributed by atoms with Gasteiger partial charge in [-0.1, -0.05) is 30.3 Å². The lowest BCUT2D eigenvalue weighted by Crippen LogP contribution is -2.12. The fourth-order valence-electron chi connectivity index (χ4n) is 1.83. The lowest BCUT2D eigenvalue weighted by atomic mass is 9.96. The smallest absolute Gasteiger partial charge is 0.333 e. The zero-order chi connectivity index (χ0) is 15.5. The molecule has 20 heavy (non-hydrogen) atoms. The molecule has 5 heteroatoms. The first-order valence-electron chi connectivity index (χ1n) is 6.13. The predicted molar refractivity (Wildman–Crippen MR) is 101 cm³/mol. The van der Waals surface area contributed by atoms with Crippen molar-refractivity contribution < 1.29 is 9.53 Å². The van der Waals surface area contributed by atoms with Gasteiger partial charge >= 0.3 is 5.97 Å². The lowest BCUT2D eigenvalue weighted by molar-refractivity contribution is -0.138. The summed E-state index contributed by atoms with van der Waals surface area (Å²) in [7, 11) is 0. The van der Waals surface area contributed by atoms with Crippen molar-refractivity contribution >= 4 is 62.8 Å². The van der Waals surface area contributed by atoms with Crippen LogP contribution in [0.1, 0.15) is 29.2 Å². The highest BCUT2D eigenvalue weighted by Crippen LogP contribution is 2.46. The van der Waals surface area contributed by atoms with Gasteiger partial charge in [0.15, 0.2) is 0.888 Å². The molecular weight excluding hydrogens is 501 g/mol. The first-order valence-corrected chi connectivity index (χ1v) is 8.67. The van der Waals surface area contributed by atoms with E-state index in [4.69, 9.17) is 16.3 Å². The maximum absolute atomic E-state index is 11.4. The highest BCUT2D eigenvalue weighted by molar-refractivity contribution is 14.2. The van der Waals surface area contributed by atoms with Crippen LogP contribution in [0, 0.1) is 13.8 Å². The van der Waals surface area contributed by atoms with Gasteiger partial charge < -0.3 is 4.74 Å². The summed E-state index contributed by atoms with van der Waals surface area (Å²) in [5, 5.41) is 0. The third-order valence-electron chi connectivity index (χ3n) is 3.11. The Bertz CT molecular complexity index is 533. The number of aryl methyl sites for hydroxylation is 1. The summed E-state index contributed by atoms with van der Waals surface area (Å²) in [6, 6.07) is 4.12. The molecule has 0 aromatic heterocycles. The van der Waals surface area contributed by atoms with Crippen molar-refractivity contribution in [3.8, 4) is 0 Å². The highest BCUT2D eigenvalue weighted by atomic mass is 127. The number of hydrogen-bond donors (Lipinski definition) is 0. The number of alkyl halides is 3. The van der Waals surface area contributed by atoms with Crippen LogP contribution in [-0.4, -0.2) is 12.6 Å². The second-order valence-electron chi connectivity index (χ2n) is 4.70. The Balaban J connectivity index is 2.96. The van der Waals surface area contributed by atoms with Gasteiger partial charge in [0.05, 0.1) is 6.61 Å². The van der Waals surface area contributed by atoms with Gasteiger partial charge in [-0.05, 0) is 88.2 Å². The topological polar surface area (TPSA) is 26.3 Å². The summed E-state index contributed by atoms with van der Waals surface area (Å²) in [4.78, 5) is 11.4. The number of carbonyl (C=O) groups excluding carboxylic acids is 1. The zero-order valence-corrected chi connectivity index (χ0v) is 16.8. The van der Waals surface area contributed by atoms with Crippen LogP contribution in [0.2, 0.25) is 0 Å². The normalized spacial score (nSPS) is 11.3. The van der Waals surface area contributed by atoms with Crippen molar-refractivity contribution in [1.29, 1.82) is 0 Å². The second kappa shape index (κ2) is 7.45. The quantitative estimate of drug-likeness (QED) is 0.232. The van der Waals surface area contributed by atoms with E-state index in [1.54, 1.807) is 6.92 Å². The first kappa shape index (κ1) is 18.2. The fraction of sp³-hybridized carbons (Fsp3) is 0.400. The summed E-state index contributed by atoms with van der Waals surface area (Å²) < 4.78 is 4.69. The number of halogens is 3. The standard InChI is InChI=1S/C15H17ClI2O2/c1-9(2)14(19)20-8-7-12-11(4)10(3)5-6-13(12)15(16,17)18/h5-6H,1,7-8H2,2-4H3.